The van der Waals surface area contributed by atoms with Gasteiger partial charge in [0, 0.05) is 44.6 Å². The summed E-state index contributed by atoms with van der Waals surface area (Å²) in [4.78, 5) is 34.6. The lowest BCUT2D eigenvalue weighted by Crippen LogP contribution is -2.44. The first-order chi connectivity index (χ1) is 12.1. The van der Waals surface area contributed by atoms with Crippen LogP contribution in [0.5, 0.6) is 0 Å². The monoisotopic (exact) mass is 361 g/mol. The highest BCUT2D eigenvalue weighted by Crippen LogP contribution is 2.19. The summed E-state index contributed by atoms with van der Waals surface area (Å²) in [7, 11) is 0. The lowest BCUT2D eigenvalue weighted by molar-refractivity contribution is -0.134. The predicted molar refractivity (Wildman–Crippen MR) is 94.0 cm³/mol. The van der Waals surface area contributed by atoms with E-state index in [9.17, 15) is 9.59 Å². The number of aromatic nitrogens is 3. The van der Waals surface area contributed by atoms with Crippen molar-refractivity contribution in [1.29, 1.82) is 0 Å². The third-order valence-corrected chi connectivity index (χ3v) is 4.49. The molecule has 1 atom stereocenters. The van der Waals surface area contributed by atoms with Crippen LogP contribution in [0, 0.1) is 5.92 Å². The van der Waals surface area contributed by atoms with Gasteiger partial charge in [-0.15, -0.1) is 0 Å². The fraction of sp³-hybridized carbons (Fsp3) is 0.412. The Morgan fingerprint density at radius 3 is 2.96 bits per heavy atom. The van der Waals surface area contributed by atoms with Gasteiger partial charge < -0.3 is 14.8 Å². The normalized spacial score (nSPS) is 17.3. The Morgan fingerprint density at radius 1 is 1.36 bits per heavy atom. The zero-order valence-electron chi connectivity index (χ0n) is 13.8. The molecule has 8 heteroatoms. The Morgan fingerprint density at radius 2 is 2.24 bits per heavy atom. The number of aryl methyl sites for hydroxylation is 1. The number of hydrogen-bond acceptors (Lipinski definition) is 4. The molecule has 1 N–H and O–H groups in total. The average Bonchev–Trinajstić information content (AvgIpc) is 3.15. The van der Waals surface area contributed by atoms with Gasteiger partial charge >= 0.3 is 0 Å². The van der Waals surface area contributed by atoms with Crippen LogP contribution >= 0.6 is 11.6 Å². The standard InChI is InChI=1S/C17H20ClN5O2/c18-14-3-4-15(20-10-14)21-17(25)13-2-1-7-23(11-13)16(24)5-8-22-9-6-19-12-22/h3-4,6,9-10,12-13H,1-2,5,7-8,11H2,(H,20,21,25). The third kappa shape index (κ3) is 4.79. The molecule has 0 bridgehead atoms. The Balaban J connectivity index is 1.52. The smallest absolute Gasteiger partial charge is 0.230 e. The minimum atomic E-state index is -0.219. The Hall–Kier alpha value is -2.41. The third-order valence-electron chi connectivity index (χ3n) is 4.27. The highest BCUT2D eigenvalue weighted by molar-refractivity contribution is 6.30. The zero-order valence-corrected chi connectivity index (χ0v) is 14.5. The number of hydrogen-bond donors (Lipinski definition) is 1. The largest absolute Gasteiger partial charge is 0.342 e. The van der Waals surface area contributed by atoms with Crippen LogP contribution in [0.1, 0.15) is 19.3 Å². The van der Waals surface area contributed by atoms with Crippen molar-refractivity contribution in [2.75, 3.05) is 18.4 Å². The number of carbonyl (C=O) groups excluding carboxylic acids is 2. The number of halogens is 1. The van der Waals surface area contributed by atoms with E-state index in [4.69, 9.17) is 11.6 Å². The molecule has 0 spiro atoms. The number of pyridine rings is 1. The molecular formula is C17H20ClN5O2. The fourth-order valence-electron chi connectivity index (χ4n) is 2.90. The summed E-state index contributed by atoms with van der Waals surface area (Å²) in [6.45, 7) is 1.74. The molecule has 1 saturated heterocycles. The van der Waals surface area contributed by atoms with Gasteiger partial charge in [-0.3, -0.25) is 9.59 Å². The second-order valence-electron chi connectivity index (χ2n) is 6.08. The molecule has 1 aliphatic rings. The number of anilines is 1. The van der Waals surface area contributed by atoms with Crippen LogP contribution < -0.4 is 5.32 Å². The van der Waals surface area contributed by atoms with E-state index in [2.05, 4.69) is 15.3 Å². The molecule has 1 unspecified atom stereocenters. The van der Waals surface area contributed by atoms with Crippen molar-refractivity contribution in [3.05, 3.63) is 42.1 Å². The Bertz CT molecular complexity index is 717. The second kappa shape index (κ2) is 8.11. The van der Waals surface area contributed by atoms with Crippen molar-refractivity contribution in [3.8, 4) is 0 Å². The molecule has 0 radical (unpaired) electrons. The first-order valence-electron chi connectivity index (χ1n) is 8.28. The second-order valence-corrected chi connectivity index (χ2v) is 6.52. The highest BCUT2D eigenvalue weighted by Gasteiger charge is 2.28. The summed E-state index contributed by atoms with van der Waals surface area (Å²) in [5, 5.41) is 3.31. The van der Waals surface area contributed by atoms with Crippen molar-refractivity contribution in [1.82, 2.24) is 19.4 Å². The number of nitrogens with zero attached hydrogens (tertiary/aromatic N) is 4. The Kier molecular flexibility index (Phi) is 5.65. The average molecular weight is 362 g/mol. The lowest BCUT2D eigenvalue weighted by atomic mass is 9.97. The number of nitrogens with one attached hydrogen (secondary N) is 1. The van der Waals surface area contributed by atoms with Crippen LogP contribution in [0.15, 0.2) is 37.1 Å². The summed E-state index contributed by atoms with van der Waals surface area (Å²) in [6.07, 6.45) is 8.70. The van der Waals surface area contributed by atoms with Gasteiger partial charge in [-0.05, 0) is 25.0 Å². The van der Waals surface area contributed by atoms with Gasteiger partial charge in [-0.2, -0.15) is 0 Å². The van der Waals surface area contributed by atoms with Crippen LogP contribution in [0.4, 0.5) is 5.82 Å². The Labute approximate surface area is 151 Å². The molecule has 2 amide bonds. The summed E-state index contributed by atoms with van der Waals surface area (Å²) < 4.78 is 1.87. The van der Waals surface area contributed by atoms with E-state index in [1.165, 1.54) is 6.20 Å². The van der Waals surface area contributed by atoms with Gasteiger partial charge in [-0.1, -0.05) is 11.6 Å². The van der Waals surface area contributed by atoms with Crippen LogP contribution in [-0.4, -0.2) is 44.3 Å². The van der Waals surface area contributed by atoms with E-state index >= 15 is 0 Å². The lowest BCUT2D eigenvalue weighted by Gasteiger charge is -2.32. The van der Waals surface area contributed by atoms with E-state index in [-0.39, 0.29) is 17.7 Å². The molecule has 0 saturated carbocycles. The maximum atomic E-state index is 12.4. The minimum absolute atomic E-state index is 0.0656. The summed E-state index contributed by atoms with van der Waals surface area (Å²) in [5.74, 6) is 0.208. The van der Waals surface area contributed by atoms with E-state index in [1.54, 1.807) is 29.6 Å². The molecule has 7 nitrogen and oxygen atoms in total. The topological polar surface area (TPSA) is 80.1 Å². The number of imidazole rings is 1. The zero-order chi connectivity index (χ0) is 17.6. The van der Waals surface area contributed by atoms with Crippen molar-refractivity contribution < 1.29 is 9.59 Å². The molecule has 3 heterocycles. The number of rotatable bonds is 5. The molecule has 0 aromatic carbocycles. The van der Waals surface area contributed by atoms with Gasteiger partial charge in [-0.25, -0.2) is 9.97 Å². The maximum Gasteiger partial charge on any atom is 0.230 e. The molecule has 132 valence electrons. The van der Waals surface area contributed by atoms with Crippen molar-refractivity contribution in [3.63, 3.8) is 0 Å². The molecule has 25 heavy (non-hydrogen) atoms. The van der Waals surface area contributed by atoms with E-state index in [0.717, 1.165) is 12.8 Å². The summed E-state index contributed by atoms with van der Waals surface area (Å²) in [5.41, 5.74) is 0. The molecule has 2 aromatic rings. The van der Waals surface area contributed by atoms with Gasteiger partial charge in [0.25, 0.3) is 0 Å². The molecule has 3 rings (SSSR count). The van der Waals surface area contributed by atoms with E-state index in [0.29, 0.717) is 36.9 Å². The molecule has 0 aliphatic carbocycles. The SMILES string of the molecule is O=C(Nc1ccc(Cl)cn1)C1CCCN(C(=O)CCn2ccnc2)C1. The van der Waals surface area contributed by atoms with Gasteiger partial charge in [0.15, 0.2) is 0 Å². The number of carbonyl (C=O) groups is 2. The number of likely N-dealkylation sites (tertiary alicyclic amines) is 1. The van der Waals surface area contributed by atoms with Gasteiger partial charge in [0.05, 0.1) is 17.3 Å². The molecule has 1 fully saturated rings. The van der Waals surface area contributed by atoms with Crippen LogP contribution in [0.2, 0.25) is 5.02 Å². The highest BCUT2D eigenvalue weighted by atomic mass is 35.5. The van der Waals surface area contributed by atoms with Gasteiger partial charge in [0.1, 0.15) is 5.82 Å². The van der Waals surface area contributed by atoms with E-state index in [1.807, 2.05) is 10.8 Å². The van der Waals surface area contributed by atoms with Crippen molar-refractivity contribution in [2.24, 2.45) is 5.92 Å². The summed E-state index contributed by atoms with van der Waals surface area (Å²) >= 11 is 5.79. The molecular weight excluding hydrogens is 342 g/mol. The minimum Gasteiger partial charge on any atom is -0.342 e. The van der Waals surface area contributed by atoms with Crippen LogP contribution in [0.3, 0.4) is 0 Å². The van der Waals surface area contributed by atoms with Crippen LogP contribution in [-0.2, 0) is 16.1 Å². The van der Waals surface area contributed by atoms with Crippen molar-refractivity contribution in [2.45, 2.75) is 25.8 Å². The first kappa shape index (κ1) is 17.4. The van der Waals surface area contributed by atoms with Crippen LogP contribution in [0.25, 0.3) is 0 Å². The fourth-order valence-corrected chi connectivity index (χ4v) is 3.01. The van der Waals surface area contributed by atoms with E-state index < -0.39 is 0 Å². The molecule has 2 aromatic heterocycles. The molecule has 1 aliphatic heterocycles. The number of piperidine rings is 1. The quantitative estimate of drug-likeness (QED) is 0.885. The van der Waals surface area contributed by atoms with Gasteiger partial charge in [0.2, 0.25) is 11.8 Å². The predicted octanol–water partition coefficient (Wildman–Crippen LogP) is 2.20. The first-order valence-corrected chi connectivity index (χ1v) is 8.65. The maximum absolute atomic E-state index is 12.4. The van der Waals surface area contributed by atoms with Crippen molar-refractivity contribution >= 4 is 29.2 Å². The summed E-state index contributed by atoms with van der Waals surface area (Å²) in [6, 6.07) is 3.34. The number of amides is 2.